The lowest BCUT2D eigenvalue weighted by atomic mass is 9.98. The van der Waals surface area contributed by atoms with Crippen LogP contribution in [0.1, 0.15) is 23.5 Å². The quantitative estimate of drug-likeness (QED) is 0.0323. The van der Waals surface area contributed by atoms with E-state index in [2.05, 4.69) is 34.3 Å². The minimum atomic E-state index is -2.35. The van der Waals surface area contributed by atoms with E-state index in [-0.39, 0.29) is 39.0 Å². The molecule has 284 valence electrons. The summed E-state index contributed by atoms with van der Waals surface area (Å²) < 4.78 is 108. The Morgan fingerprint density at radius 2 is 0.942 bits per heavy atom. The van der Waals surface area contributed by atoms with Gasteiger partial charge in [0.1, 0.15) is 6.61 Å². The first-order valence-corrected chi connectivity index (χ1v) is 16.6. The fraction of sp³-hybridized carbons (Fsp3) is 0.444. The van der Waals surface area contributed by atoms with Crippen molar-refractivity contribution >= 4 is 12.1 Å². The van der Waals surface area contributed by atoms with Gasteiger partial charge in [-0.25, -0.2) is 18.0 Å². The van der Waals surface area contributed by atoms with Crippen molar-refractivity contribution in [2.75, 3.05) is 92.4 Å². The van der Waals surface area contributed by atoms with Gasteiger partial charge in [-0.2, -0.15) is 8.78 Å². The maximum Gasteiger partial charge on any atom is 0.407 e. The monoisotopic (exact) mass is 741 g/mol. The molecule has 11 nitrogen and oxygen atoms in total. The second kappa shape index (κ2) is 22.0. The zero-order valence-corrected chi connectivity index (χ0v) is 28.3. The third kappa shape index (κ3) is 12.2. The number of fused-ring (bicyclic) bond motifs is 3. The number of ether oxygens (including phenoxy) is 8. The van der Waals surface area contributed by atoms with Gasteiger partial charge in [0.25, 0.3) is 0 Å². The van der Waals surface area contributed by atoms with Gasteiger partial charge in [-0.3, -0.25) is 4.79 Å². The molecule has 16 heteroatoms. The summed E-state index contributed by atoms with van der Waals surface area (Å²) in [6.45, 7) is 3.58. The zero-order valence-electron chi connectivity index (χ0n) is 28.3. The molecule has 0 saturated heterocycles. The number of benzene rings is 3. The van der Waals surface area contributed by atoms with E-state index in [1.165, 1.54) is 11.1 Å². The van der Waals surface area contributed by atoms with Gasteiger partial charge in [-0.1, -0.05) is 48.5 Å². The highest BCUT2D eigenvalue weighted by Gasteiger charge is 2.30. The van der Waals surface area contributed by atoms with Crippen LogP contribution in [-0.2, 0) is 38.0 Å². The Morgan fingerprint density at radius 1 is 0.538 bits per heavy atom. The number of esters is 1. The van der Waals surface area contributed by atoms with Crippen molar-refractivity contribution in [3.8, 4) is 16.9 Å². The molecular formula is C36H40F5NO10. The molecule has 52 heavy (non-hydrogen) atoms. The van der Waals surface area contributed by atoms with Gasteiger partial charge in [-0.05, 0) is 22.3 Å². The molecule has 4 rings (SSSR count). The molecule has 1 aliphatic carbocycles. The third-order valence-corrected chi connectivity index (χ3v) is 7.56. The van der Waals surface area contributed by atoms with E-state index in [4.69, 9.17) is 33.2 Å². The average Bonchev–Trinajstić information content (AvgIpc) is 3.48. The fourth-order valence-corrected chi connectivity index (χ4v) is 5.07. The van der Waals surface area contributed by atoms with Gasteiger partial charge < -0.3 is 43.2 Å². The number of nitrogens with one attached hydrogen (secondary N) is 1. The van der Waals surface area contributed by atoms with Crippen molar-refractivity contribution in [3.05, 3.63) is 88.7 Å². The van der Waals surface area contributed by atoms with Crippen LogP contribution in [0.25, 0.3) is 11.1 Å². The number of alkyl carbamates (subject to hydrolysis) is 1. The van der Waals surface area contributed by atoms with Crippen LogP contribution in [-0.4, -0.2) is 104 Å². The Labute approximate surface area is 297 Å². The number of hydrogen-bond donors (Lipinski definition) is 1. The molecule has 0 unspecified atom stereocenters. The van der Waals surface area contributed by atoms with Crippen molar-refractivity contribution in [1.82, 2.24) is 5.32 Å². The van der Waals surface area contributed by atoms with Crippen LogP contribution in [0.4, 0.5) is 26.7 Å². The minimum absolute atomic E-state index is 0.00176. The van der Waals surface area contributed by atoms with E-state index in [0.29, 0.717) is 59.4 Å². The maximum atomic E-state index is 13.6. The lowest BCUT2D eigenvalue weighted by Gasteiger charge is -2.14. The maximum absolute atomic E-state index is 13.6. The summed E-state index contributed by atoms with van der Waals surface area (Å²) in [4.78, 5) is 23.9. The molecular weight excluding hydrogens is 701 g/mol. The number of carbonyl (C=O) groups excluding carboxylic acids is 2. The predicted octanol–water partition coefficient (Wildman–Crippen LogP) is 5.32. The second-order valence-corrected chi connectivity index (χ2v) is 11.0. The highest BCUT2D eigenvalue weighted by atomic mass is 19.2. The highest BCUT2D eigenvalue weighted by Crippen LogP contribution is 2.44. The molecule has 1 amide bonds. The number of carbonyl (C=O) groups is 2. The molecule has 0 aromatic heterocycles. The first-order valence-electron chi connectivity index (χ1n) is 16.6. The fourth-order valence-electron chi connectivity index (χ4n) is 5.07. The van der Waals surface area contributed by atoms with E-state index in [0.717, 1.165) is 11.1 Å². The van der Waals surface area contributed by atoms with Gasteiger partial charge in [-0.15, -0.1) is 0 Å². The smallest absolute Gasteiger partial charge is 0.407 e. The molecule has 0 bridgehead atoms. The second-order valence-electron chi connectivity index (χ2n) is 11.0. The lowest BCUT2D eigenvalue weighted by Crippen LogP contribution is -2.29. The van der Waals surface area contributed by atoms with Crippen LogP contribution in [0.2, 0.25) is 0 Å². The molecule has 3 aromatic carbocycles. The summed E-state index contributed by atoms with van der Waals surface area (Å²) in [7, 11) is 0. The number of halogens is 5. The van der Waals surface area contributed by atoms with Crippen LogP contribution in [0.15, 0.2) is 48.5 Å². The van der Waals surface area contributed by atoms with Crippen LogP contribution >= 0.6 is 0 Å². The summed E-state index contributed by atoms with van der Waals surface area (Å²) >= 11 is 0. The van der Waals surface area contributed by atoms with E-state index >= 15 is 0 Å². The molecule has 0 atom stereocenters. The standard InChI is InChI=1S/C36H40F5NO10/c37-30-31(38)33(40)35(34(41)32(30)39)52-29(43)9-11-45-13-15-47-17-19-49-21-22-50-20-18-48-16-14-46-12-10-42-36(44)51-23-28-26-7-3-1-5-24(26)25-6-2-4-8-27(25)28/h1-8,28H,9-23H2,(H,42,44). The van der Waals surface area contributed by atoms with Gasteiger partial charge in [0.15, 0.2) is 0 Å². The first kappa shape index (κ1) is 40.6. The Morgan fingerprint density at radius 3 is 1.42 bits per heavy atom. The van der Waals surface area contributed by atoms with Gasteiger partial charge >= 0.3 is 12.1 Å². The summed E-state index contributed by atoms with van der Waals surface area (Å²) in [5, 5.41) is 2.70. The first-order chi connectivity index (χ1) is 25.3. The zero-order chi connectivity index (χ0) is 37.1. The number of rotatable bonds is 24. The van der Waals surface area contributed by atoms with Crippen molar-refractivity contribution in [3.63, 3.8) is 0 Å². The summed E-state index contributed by atoms with van der Waals surface area (Å²) in [5.74, 6) is -14.2. The Balaban J connectivity index is 0.873. The SMILES string of the molecule is O=C(CCOCCOCCOCCOCCOCCOCCNC(=O)OCC1c2ccccc2-c2ccccc21)Oc1c(F)c(F)c(F)c(F)c1F. The lowest BCUT2D eigenvalue weighted by molar-refractivity contribution is -0.136. The summed E-state index contributed by atoms with van der Waals surface area (Å²) in [5.41, 5.74) is 4.65. The topological polar surface area (TPSA) is 120 Å². The molecule has 0 fully saturated rings. The predicted molar refractivity (Wildman–Crippen MR) is 174 cm³/mol. The van der Waals surface area contributed by atoms with Crippen LogP contribution < -0.4 is 10.1 Å². The van der Waals surface area contributed by atoms with Crippen LogP contribution in [0.3, 0.4) is 0 Å². The third-order valence-electron chi connectivity index (χ3n) is 7.56. The average molecular weight is 742 g/mol. The number of amides is 1. The van der Waals surface area contributed by atoms with Crippen molar-refractivity contribution < 1.29 is 69.4 Å². The molecule has 0 spiro atoms. The van der Waals surface area contributed by atoms with Crippen LogP contribution in [0, 0.1) is 29.1 Å². The van der Waals surface area contributed by atoms with E-state index in [1.54, 1.807) is 0 Å². The Kier molecular flexibility index (Phi) is 17.2. The molecule has 1 N–H and O–H groups in total. The van der Waals surface area contributed by atoms with E-state index in [9.17, 15) is 31.5 Å². The summed E-state index contributed by atoms with van der Waals surface area (Å²) in [6.07, 6.45) is -0.989. The molecule has 0 heterocycles. The Hall–Kier alpha value is -4.19. The van der Waals surface area contributed by atoms with E-state index < -0.39 is 53.3 Å². The normalized spacial score (nSPS) is 12.1. The van der Waals surface area contributed by atoms with Gasteiger partial charge in [0.05, 0.1) is 85.7 Å². The van der Waals surface area contributed by atoms with Crippen molar-refractivity contribution in [2.45, 2.75) is 12.3 Å². The van der Waals surface area contributed by atoms with Crippen molar-refractivity contribution in [2.24, 2.45) is 0 Å². The summed E-state index contributed by atoms with van der Waals surface area (Å²) in [6, 6.07) is 16.3. The molecule has 0 radical (unpaired) electrons. The molecule has 0 aliphatic heterocycles. The molecule has 1 aliphatic rings. The van der Waals surface area contributed by atoms with Crippen LogP contribution in [0.5, 0.6) is 5.75 Å². The molecule has 0 saturated carbocycles. The largest absolute Gasteiger partial charge is 0.449 e. The Bertz CT molecular complexity index is 1520. The van der Waals surface area contributed by atoms with E-state index in [1.807, 2.05) is 24.3 Å². The molecule has 3 aromatic rings. The number of hydrogen-bond acceptors (Lipinski definition) is 10. The van der Waals surface area contributed by atoms with Gasteiger partial charge in [0, 0.05) is 12.5 Å². The van der Waals surface area contributed by atoms with Crippen molar-refractivity contribution in [1.29, 1.82) is 0 Å². The minimum Gasteiger partial charge on any atom is -0.449 e. The highest BCUT2D eigenvalue weighted by molar-refractivity contribution is 5.79. The van der Waals surface area contributed by atoms with Gasteiger partial charge in [0.2, 0.25) is 34.8 Å².